The van der Waals surface area contributed by atoms with Crippen molar-refractivity contribution in [3.8, 4) is 0 Å². The molecule has 4 heteroatoms. The van der Waals surface area contributed by atoms with Crippen molar-refractivity contribution in [2.75, 3.05) is 6.54 Å². The number of hydrogen-bond donors (Lipinski definition) is 2. The predicted molar refractivity (Wildman–Crippen MR) is 86.6 cm³/mol. The molecule has 0 saturated carbocycles. The number of carbonyl (C=O) groups excluding carboxylic acids is 1. The Morgan fingerprint density at radius 3 is 2.50 bits per heavy atom. The summed E-state index contributed by atoms with van der Waals surface area (Å²) in [5.74, 6) is 0.137. The highest BCUT2D eigenvalue weighted by molar-refractivity contribution is 5.78. The van der Waals surface area contributed by atoms with Crippen molar-refractivity contribution >= 4 is 5.78 Å². The van der Waals surface area contributed by atoms with Crippen LogP contribution in [0, 0.1) is 0 Å². The average molecular weight is 305 g/mol. The lowest BCUT2D eigenvalue weighted by atomic mass is 10.0. The Balaban J connectivity index is 1.94. The van der Waals surface area contributed by atoms with Gasteiger partial charge < -0.3 is 10.2 Å². The number of Topliss-reactive ketones (excluding diaryl/α,β-unsaturated/α-hetero) is 1. The van der Waals surface area contributed by atoms with E-state index in [1.165, 1.54) is 5.56 Å². The fraction of sp³-hybridized carbons (Fsp3) is 0.611. The van der Waals surface area contributed by atoms with Gasteiger partial charge in [-0.15, -0.1) is 0 Å². The number of benzene rings is 1. The maximum Gasteiger partial charge on any atom is 0.134 e. The van der Waals surface area contributed by atoms with E-state index < -0.39 is 12.2 Å². The zero-order chi connectivity index (χ0) is 16.1. The number of carbonyl (C=O) groups is 1. The van der Waals surface area contributed by atoms with Gasteiger partial charge in [0.25, 0.3) is 0 Å². The van der Waals surface area contributed by atoms with Gasteiger partial charge in [0.1, 0.15) is 5.78 Å². The molecule has 0 unspecified atom stereocenters. The van der Waals surface area contributed by atoms with Crippen LogP contribution in [-0.2, 0) is 11.2 Å². The van der Waals surface area contributed by atoms with Crippen molar-refractivity contribution < 1.29 is 15.0 Å². The lowest BCUT2D eigenvalue weighted by Gasteiger charge is -2.28. The van der Waals surface area contributed by atoms with E-state index >= 15 is 0 Å². The molecule has 0 bridgehead atoms. The molecular formula is C18H27NO3. The molecule has 1 aromatic carbocycles. The van der Waals surface area contributed by atoms with Gasteiger partial charge in [0.15, 0.2) is 0 Å². The van der Waals surface area contributed by atoms with Gasteiger partial charge in [-0.25, -0.2) is 0 Å². The van der Waals surface area contributed by atoms with Gasteiger partial charge in [-0.3, -0.25) is 9.69 Å². The summed E-state index contributed by atoms with van der Waals surface area (Å²) in [7, 11) is 0. The van der Waals surface area contributed by atoms with Crippen molar-refractivity contribution in [2.24, 2.45) is 0 Å². The van der Waals surface area contributed by atoms with E-state index in [0.29, 0.717) is 12.8 Å². The zero-order valence-electron chi connectivity index (χ0n) is 13.5. The van der Waals surface area contributed by atoms with Crippen LogP contribution in [-0.4, -0.2) is 51.7 Å². The molecule has 0 aromatic heterocycles. The highest BCUT2D eigenvalue weighted by atomic mass is 16.3. The Bertz CT molecular complexity index is 476. The zero-order valence-corrected chi connectivity index (χ0v) is 13.5. The molecule has 2 N–H and O–H groups in total. The van der Waals surface area contributed by atoms with E-state index in [0.717, 1.165) is 19.4 Å². The Kier molecular flexibility index (Phi) is 6.12. The molecule has 0 aliphatic carbocycles. The van der Waals surface area contributed by atoms with Crippen LogP contribution >= 0.6 is 0 Å². The molecule has 1 aliphatic rings. The van der Waals surface area contributed by atoms with E-state index in [2.05, 4.69) is 17.0 Å². The van der Waals surface area contributed by atoms with Crippen LogP contribution in [0.2, 0.25) is 0 Å². The molecule has 0 radical (unpaired) electrons. The minimum atomic E-state index is -0.831. The van der Waals surface area contributed by atoms with Crippen molar-refractivity contribution in [3.05, 3.63) is 35.9 Å². The fourth-order valence-corrected chi connectivity index (χ4v) is 3.30. The van der Waals surface area contributed by atoms with Crippen molar-refractivity contribution in [3.63, 3.8) is 0 Å². The summed E-state index contributed by atoms with van der Waals surface area (Å²) in [6, 6.07) is 9.91. The Hall–Kier alpha value is -1.23. The van der Waals surface area contributed by atoms with E-state index in [1.807, 2.05) is 32.0 Å². The molecule has 1 aromatic rings. The summed E-state index contributed by atoms with van der Waals surface area (Å²) >= 11 is 0. The normalized spacial score (nSPS) is 28.9. The summed E-state index contributed by atoms with van der Waals surface area (Å²) in [6.07, 6.45) is 1.11. The third kappa shape index (κ3) is 3.94. The van der Waals surface area contributed by atoms with Crippen LogP contribution in [0.1, 0.15) is 38.7 Å². The number of hydrogen-bond acceptors (Lipinski definition) is 4. The maximum atomic E-state index is 11.7. The molecule has 1 heterocycles. The van der Waals surface area contributed by atoms with E-state index in [9.17, 15) is 15.0 Å². The Labute approximate surface area is 132 Å². The number of nitrogens with zero attached hydrogens (tertiary/aromatic N) is 1. The largest absolute Gasteiger partial charge is 0.389 e. The SMILES string of the molecule is CCC(=O)C[C@@H]1[C@@H](O)[C@H](O)[C@@H](C)N1CCCc1ccccc1. The summed E-state index contributed by atoms with van der Waals surface area (Å²) in [4.78, 5) is 13.9. The Morgan fingerprint density at radius 2 is 1.86 bits per heavy atom. The van der Waals surface area contributed by atoms with Gasteiger partial charge in [-0.05, 0) is 31.9 Å². The van der Waals surface area contributed by atoms with E-state index in [1.54, 1.807) is 0 Å². The quantitative estimate of drug-likeness (QED) is 0.806. The number of likely N-dealkylation sites (tertiary alicyclic amines) is 1. The summed E-state index contributed by atoms with van der Waals surface area (Å²) in [5, 5.41) is 20.3. The fourth-order valence-electron chi connectivity index (χ4n) is 3.30. The van der Waals surface area contributed by atoms with Gasteiger partial charge in [0, 0.05) is 24.9 Å². The molecule has 0 spiro atoms. The summed E-state index contributed by atoms with van der Waals surface area (Å²) in [5.41, 5.74) is 1.29. The van der Waals surface area contributed by atoms with Gasteiger partial charge in [-0.1, -0.05) is 37.3 Å². The highest BCUT2D eigenvalue weighted by Crippen LogP contribution is 2.28. The topological polar surface area (TPSA) is 60.8 Å². The molecule has 0 amide bonds. The number of aliphatic hydroxyl groups is 2. The second-order valence-corrected chi connectivity index (χ2v) is 6.21. The van der Waals surface area contributed by atoms with E-state index in [-0.39, 0.29) is 17.9 Å². The number of aliphatic hydroxyl groups excluding tert-OH is 2. The second-order valence-electron chi connectivity index (χ2n) is 6.21. The van der Waals surface area contributed by atoms with Crippen molar-refractivity contribution in [1.82, 2.24) is 4.90 Å². The van der Waals surface area contributed by atoms with Gasteiger partial charge in [0.2, 0.25) is 0 Å². The highest BCUT2D eigenvalue weighted by Gasteiger charge is 2.45. The first-order valence-corrected chi connectivity index (χ1v) is 8.22. The molecule has 1 saturated heterocycles. The molecule has 122 valence electrons. The van der Waals surface area contributed by atoms with Crippen LogP contribution in [0.15, 0.2) is 30.3 Å². The molecule has 4 nitrogen and oxygen atoms in total. The second kappa shape index (κ2) is 7.86. The minimum Gasteiger partial charge on any atom is -0.389 e. The number of aryl methyl sites for hydroxylation is 1. The molecular weight excluding hydrogens is 278 g/mol. The van der Waals surface area contributed by atoms with Gasteiger partial charge in [0.05, 0.1) is 12.2 Å². The first kappa shape index (κ1) is 17.1. The lowest BCUT2D eigenvalue weighted by Crippen LogP contribution is -2.40. The molecule has 2 rings (SSSR count). The van der Waals surface area contributed by atoms with Gasteiger partial charge >= 0.3 is 0 Å². The smallest absolute Gasteiger partial charge is 0.134 e. The van der Waals surface area contributed by atoms with Crippen molar-refractivity contribution in [1.29, 1.82) is 0 Å². The van der Waals surface area contributed by atoms with E-state index in [4.69, 9.17) is 0 Å². The summed E-state index contributed by atoms with van der Waals surface area (Å²) in [6.45, 7) is 4.54. The molecule has 22 heavy (non-hydrogen) atoms. The predicted octanol–water partition coefficient (Wildman–Crippen LogP) is 1.78. The summed E-state index contributed by atoms with van der Waals surface area (Å²) < 4.78 is 0. The molecule has 4 atom stereocenters. The van der Waals surface area contributed by atoms with Crippen LogP contribution in [0.3, 0.4) is 0 Å². The van der Waals surface area contributed by atoms with Gasteiger partial charge in [-0.2, -0.15) is 0 Å². The lowest BCUT2D eigenvalue weighted by molar-refractivity contribution is -0.120. The Morgan fingerprint density at radius 1 is 1.18 bits per heavy atom. The third-order valence-corrected chi connectivity index (χ3v) is 4.74. The monoisotopic (exact) mass is 305 g/mol. The number of ketones is 1. The average Bonchev–Trinajstić information content (AvgIpc) is 2.73. The third-order valence-electron chi connectivity index (χ3n) is 4.74. The van der Waals surface area contributed by atoms with Crippen LogP contribution in [0.25, 0.3) is 0 Å². The van der Waals surface area contributed by atoms with Crippen LogP contribution < -0.4 is 0 Å². The van der Waals surface area contributed by atoms with Crippen molar-refractivity contribution in [2.45, 2.75) is 63.8 Å². The number of rotatable bonds is 7. The van der Waals surface area contributed by atoms with Crippen LogP contribution in [0.5, 0.6) is 0 Å². The molecule has 1 aliphatic heterocycles. The minimum absolute atomic E-state index is 0.111. The first-order valence-electron chi connectivity index (χ1n) is 8.22. The maximum absolute atomic E-state index is 11.7. The first-order chi connectivity index (χ1) is 10.5. The molecule has 1 fully saturated rings. The standard InChI is InChI=1S/C18H27NO3/c1-3-15(20)12-16-18(22)17(21)13(2)19(16)11-7-10-14-8-5-4-6-9-14/h4-6,8-9,13,16-18,21-22H,3,7,10-12H2,1-2H3/t13-,16-,17-,18-/m1/s1. The van der Waals surface area contributed by atoms with Crippen LogP contribution in [0.4, 0.5) is 0 Å².